The van der Waals surface area contributed by atoms with E-state index in [1.54, 1.807) is 12.0 Å². The lowest BCUT2D eigenvalue weighted by Gasteiger charge is -2.32. The Labute approximate surface area is 213 Å². The topological polar surface area (TPSA) is 112 Å². The molecule has 6 rings (SSSR count). The molecule has 0 bridgehead atoms. The first kappa shape index (κ1) is 23.3. The summed E-state index contributed by atoms with van der Waals surface area (Å²) in [4.78, 5) is 56.7. The highest BCUT2D eigenvalue weighted by atomic mass is 16.5. The van der Waals surface area contributed by atoms with Crippen LogP contribution in [0.2, 0.25) is 0 Å². The molecule has 4 amide bonds. The minimum Gasteiger partial charge on any atom is -0.496 e. The van der Waals surface area contributed by atoms with E-state index in [0.717, 1.165) is 40.6 Å². The molecule has 2 saturated heterocycles. The summed E-state index contributed by atoms with van der Waals surface area (Å²) < 4.78 is 5.42. The van der Waals surface area contributed by atoms with Crippen LogP contribution in [0, 0.1) is 0 Å². The Kier molecular flexibility index (Phi) is 5.70. The first-order chi connectivity index (χ1) is 17.9. The van der Waals surface area contributed by atoms with Gasteiger partial charge in [0.2, 0.25) is 11.8 Å². The highest BCUT2D eigenvalue weighted by Gasteiger charge is 2.39. The van der Waals surface area contributed by atoms with E-state index < -0.39 is 11.9 Å². The zero-order valence-electron chi connectivity index (χ0n) is 20.6. The van der Waals surface area contributed by atoms with Crippen molar-refractivity contribution in [2.75, 3.05) is 20.2 Å². The van der Waals surface area contributed by atoms with Crippen molar-refractivity contribution < 1.29 is 23.9 Å². The number of amides is 4. The van der Waals surface area contributed by atoms with Gasteiger partial charge < -0.3 is 19.5 Å². The quantitative estimate of drug-likeness (QED) is 0.535. The van der Waals surface area contributed by atoms with Gasteiger partial charge in [0.1, 0.15) is 17.5 Å². The van der Waals surface area contributed by atoms with Gasteiger partial charge in [-0.15, -0.1) is 0 Å². The molecule has 37 heavy (non-hydrogen) atoms. The highest BCUT2D eigenvalue weighted by molar-refractivity contribution is 6.05. The molecule has 3 aliphatic rings. The van der Waals surface area contributed by atoms with Crippen LogP contribution >= 0.6 is 0 Å². The van der Waals surface area contributed by atoms with Crippen LogP contribution < -0.4 is 10.1 Å². The third-order valence-corrected chi connectivity index (χ3v) is 7.88. The molecule has 2 aromatic carbocycles. The van der Waals surface area contributed by atoms with E-state index in [4.69, 9.17) is 4.74 Å². The van der Waals surface area contributed by atoms with Crippen molar-refractivity contribution >= 4 is 34.5 Å². The zero-order valence-corrected chi connectivity index (χ0v) is 20.6. The summed E-state index contributed by atoms with van der Waals surface area (Å²) in [5, 5.41) is 3.23. The van der Waals surface area contributed by atoms with Crippen LogP contribution in [0.15, 0.2) is 42.5 Å². The number of nitrogens with one attached hydrogen (secondary N) is 2. The molecule has 2 N–H and O–H groups in total. The summed E-state index contributed by atoms with van der Waals surface area (Å²) >= 11 is 0. The van der Waals surface area contributed by atoms with Gasteiger partial charge in [-0.25, -0.2) is 0 Å². The molecule has 3 aromatic rings. The number of likely N-dealkylation sites (tertiary alicyclic amines) is 1. The number of nitrogens with zero attached hydrogens (tertiary/aromatic N) is 2. The number of imide groups is 1. The van der Waals surface area contributed by atoms with E-state index in [1.165, 1.54) is 0 Å². The molecule has 1 unspecified atom stereocenters. The van der Waals surface area contributed by atoms with Crippen molar-refractivity contribution in [2.24, 2.45) is 0 Å². The average Bonchev–Trinajstić information content (AvgIpc) is 3.49. The molecule has 1 aromatic heterocycles. The zero-order chi connectivity index (χ0) is 25.7. The Morgan fingerprint density at radius 1 is 1.03 bits per heavy atom. The van der Waals surface area contributed by atoms with Crippen molar-refractivity contribution in [3.8, 4) is 5.75 Å². The second-order valence-corrected chi connectivity index (χ2v) is 9.99. The van der Waals surface area contributed by atoms with Crippen LogP contribution in [-0.4, -0.2) is 64.7 Å². The van der Waals surface area contributed by atoms with Crippen LogP contribution in [0.25, 0.3) is 10.9 Å². The van der Waals surface area contributed by atoms with Crippen molar-refractivity contribution in [3.05, 3.63) is 64.8 Å². The number of hydrogen-bond donors (Lipinski definition) is 2. The Hall–Kier alpha value is -4.14. The fourth-order valence-corrected chi connectivity index (χ4v) is 5.86. The van der Waals surface area contributed by atoms with Gasteiger partial charge >= 0.3 is 0 Å². The Bertz CT molecular complexity index is 1440. The summed E-state index contributed by atoms with van der Waals surface area (Å²) in [7, 11) is 1.62. The van der Waals surface area contributed by atoms with Gasteiger partial charge in [0.05, 0.1) is 7.11 Å². The van der Waals surface area contributed by atoms with Gasteiger partial charge in [-0.05, 0) is 60.6 Å². The maximum atomic E-state index is 13.2. The number of aromatic nitrogens is 1. The second-order valence-electron chi connectivity index (χ2n) is 9.99. The highest BCUT2D eigenvalue weighted by Crippen LogP contribution is 2.34. The predicted molar refractivity (Wildman–Crippen MR) is 135 cm³/mol. The van der Waals surface area contributed by atoms with E-state index >= 15 is 0 Å². The standard InChI is InChI=1S/C28H28N4O5/c1-37-24-4-2-3-21-20(24)14-22(29-21)28(36)31-11-9-16(10-12-31)17-5-6-19-18(13-17)15-32(27(19)35)23-7-8-25(33)30-26(23)34/h2-6,13-14,16,23,29H,7-12,15H2,1H3,(H,30,33,34). The number of piperidine rings is 2. The normalized spacial score (nSPS) is 20.4. The number of fused-ring (bicyclic) bond motifs is 2. The maximum Gasteiger partial charge on any atom is 0.270 e. The number of carbonyl (C=O) groups excluding carboxylic acids is 4. The number of ether oxygens (including phenoxy) is 1. The Morgan fingerprint density at radius 2 is 1.84 bits per heavy atom. The monoisotopic (exact) mass is 500 g/mol. The second kappa shape index (κ2) is 9.06. The molecule has 3 aliphatic heterocycles. The van der Waals surface area contributed by atoms with Crippen molar-refractivity contribution in [3.63, 3.8) is 0 Å². The molecule has 9 heteroatoms. The average molecular weight is 501 g/mol. The summed E-state index contributed by atoms with van der Waals surface area (Å²) in [5.41, 5.74) is 4.12. The van der Waals surface area contributed by atoms with E-state index in [-0.39, 0.29) is 30.1 Å². The van der Waals surface area contributed by atoms with Gasteiger partial charge in [-0.1, -0.05) is 18.2 Å². The molecule has 2 fully saturated rings. The summed E-state index contributed by atoms with van der Waals surface area (Å²) in [6, 6.07) is 12.9. The SMILES string of the molecule is COc1cccc2[nH]c(C(=O)N3CCC(c4ccc5c(c4)CN(C4CCC(=O)NC4=O)C5=O)CC3)cc12. The fourth-order valence-electron chi connectivity index (χ4n) is 5.86. The van der Waals surface area contributed by atoms with Gasteiger partial charge in [-0.3, -0.25) is 24.5 Å². The smallest absolute Gasteiger partial charge is 0.270 e. The fraction of sp³-hybridized carbons (Fsp3) is 0.357. The lowest BCUT2D eigenvalue weighted by molar-refractivity contribution is -0.136. The predicted octanol–water partition coefficient (Wildman–Crippen LogP) is 2.96. The lowest BCUT2D eigenvalue weighted by atomic mass is 9.88. The number of benzene rings is 2. The minimum atomic E-state index is -0.611. The molecule has 0 aliphatic carbocycles. The van der Waals surface area contributed by atoms with E-state index in [9.17, 15) is 19.2 Å². The van der Waals surface area contributed by atoms with E-state index in [1.807, 2.05) is 41.3 Å². The molecule has 0 spiro atoms. The molecule has 4 heterocycles. The summed E-state index contributed by atoms with van der Waals surface area (Å²) in [6.07, 6.45) is 2.26. The molecule has 0 saturated carbocycles. The third-order valence-electron chi connectivity index (χ3n) is 7.88. The first-order valence-electron chi connectivity index (χ1n) is 12.7. The molecule has 0 radical (unpaired) electrons. The van der Waals surface area contributed by atoms with Crippen molar-refractivity contribution in [1.82, 2.24) is 20.1 Å². The molecular formula is C28H28N4O5. The molecule has 9 nitrogen and oxygen atoms in total. The van der Waals surface area contributed by atoms with Crippen LogP contribution in [0.5, 0.6) is 5.75 Å². The van der Waals surface area contributed by atoms with Crippen molar-refractivity contribution in [1.29, 1.82) is 0 Å². The molecule has 190 valence electrons. The molecular weight excluding hydrogens is 472 g/mol. The van der Waals surface area contributed by atoms with Gasteiger partial charge in [0.25, 0.3) is 11.8 Å². The van der Waals surface area contributed by atoms with Crippen LogP contribution in [0.4, 0.5) is 0 Å². The van der Waals surface area contributed by atoms with E-state index in [0.29, 0.717) is 37.3 Å². The van der Waals surface area contributed by atoms with Crippen LogP contribution in [-0.2, 0) is 16.1 Å². The number of carbonyl (C=O) groups is 4. The Balaban J connectivity index is 1.12. The number of H-pyrrole nitrogens is 1. The summed E-state index contributed by atoms with van der Waals surface area (Å²) in [6.45, 7) is 1.66. The van der Waals surface area contributed by atoms with Gasteiger partial charge in [0.15, 0.2) is 0 Å². The molecule has 1 atom stereocenters. The van der Waals surface area contributed by atoms with E-state index in [2.05, 4.69) is 16.4 Å². The number of hydrogen-bond acceptors (Lipinski definition) is 5. The summed E-state index contributed by atoms with van der Waals surface area (Å²) in [5.74, 6) is 0.155. The Morgan fingerprint density at radius 3 is 2.59 bits per heavy atom. The lowest BCUT2D eigenvalue weighted by Crippen LogP contribution is -2.52. The maximum absolute atomic E-state index is 13.2. The van der Waals surface area contributed by atoms with Gasteiger partial charge in [-0.2, -0.15) is 0 Å². The number of rotatable bonds is 4. The van der Waals surface area contributed by atoms with Crippen LogP contribution in [0.1, 0.15) is 63.6 Å². The van der Waals surface area contributed by atoms with Crippen molar-refractivity contribution in [2.45, 2.75) is 44.2 Å². The third kappa shape index (κ3) is 4.04. The number of aromatic amines is 1. The van der Waals surface area contributed by atoms with Crippen LogP contribution in [0.3, 0.4) is 0 Å². The van der Waals surface area contributed by atoms with Gasteiger partial charge in [0, 0.05) is 42.5 Å². The minimum absolute atomic E-state index is 0.0175. The largest absolute Gasteiger partial charge is 0.496 e. The number of methoxy groups -OCH3 is 1. The first-order valence-corrected chi connectivity index (χ1v) is 12.7.